The molecule has 0 amide bonds. The third-order valence-electron chi connectivity index (χ3n) is 1.76. The normalized spacial score (nSPS) is 22.5. The molecule has 0 aliphatic carbocycles. The fourth-order valence-electron chi connectivity index (χ4n) is 1.13. The Balaban J connectivity index is 2.01. The summed E-state index contributed by atoms with van der Waals surface area (Å²) < 4.78 is 16.0. The average Bonchev–Trinajstić information content (AvgIpc) is 2.14. The van der Waals surface area contributed by atoms with E-state index in [4.69, 9.17) is 14.2 Å². The van der Waals surface area contributed by atoms with Crippen LogP contribution < -0.4 is 0 Å². The molecule has 0 aromatic rings. The molecule has 1 rings (SSSR count). The lowest BCUT2D eigenvalue weighted by Crippen LogP contribution is -2.29. The number of rotatable bonds is 4. The minimum atomic E-state index is 0.222. The molecule has 0 aromatic carbocycles. The largest absolute Gasteiger partial charge is 0.501 e. The van der Waals surface area contributed by atoms with E-state index in [0.717, 1.165) is 13.0 Å². The second-order valence-corrected chi connectivity index (χ2v) is 3.42. The average molecular weight is 186 g/mol. The van der Waals surface area contributed by atoms with E-state index in [1.54, 1.807) is 6.26 Å². The highest BCUT2D eigenvalue weighted by atomic mass is 16.6. The standard InChI is InChI=1S/C10H18O3/c1-9(2)7-11-4-3-10-8-12-5-6-13-10/h7,10H,3-6,8H2,1-2H3. The monoisotopic (exact) mass is 186 g/mol. The van der Waals surface area contributed by atoms with Crippen LogP contribution in [0.2, 0.25) is 0 Å². The van der Waals surface area contributed by atoms with E-state index < -0.39 is 0 Å². The Morgan fingerprint density at radius 1 is 1.46 bits per heavy atom. The van der Waals surface area contributed by atoms with Crippen molar-refractivity contribution in [3.63, 3.8) is 0 Å². The SMILES string of the molecule is CC(C)=COCCC1COCCO1. The third-order valence-corrected chi connectivity index (χ3v) is 1.76. The van der Waals surface area contributed by atoms with Gasteiger partial charge in [0.15, 0.2) is 0 Å². The summed E-state index contributed by atoms with van der Waals surface area (Å²) in [4.78, 5) is 0. The van der Waals surface area contributed by atoms with Crippen molar-refractivity contribution in [3.05, 3.63) is 11.8 Å². The van der Waals surface area contributed by atoms with Gasteiger partial charge in [0.2, 0.25) is 0 Å². The summed E-state index contributed by atoms with van der Waals surface area (Å²) in [5.74, 6) is 0. The molecule has 76 valence electrons. The van der Waals surface area contributed by atoms with Crippen LogP contribution in [0.5, 0.6) is 0 Å². The van der Waals surface area contributed by atoms with Crippen LogP contribution in [-0.4, -0.2) is 32.5 Å². The molecular formula is C10H18O3. The molecule has 13 heavy (non-hydrogen) atoms. The van der Waals surface area contributed by atoms with Gasteiger partial charge in [-0.2, -0.15) is 0 Å². The Kier molecular flexibility index (Phi) is 4.86. The van der Waals surface area contributed by atoms with Crippen molar-refractivity contribution in [1.82, 2.24) is 0 Å². The van der Waals surface area contributed by atoms with Gasteiger partial charge in [0.1, 0.15) is 0 Å². The Morgan fingerprint density at radius 2 is 2.31 bits per heavy atom. The summed E-state index contributed by atoms with van der Waals surface area (Å²) in [6.45, 7) is 6.89. The zero-order chi connectivity index (χ0) is 9.52. The van der Waals surface area contributed by atoms with E-state index in [-0.39, 0.29) is 6.10 Å². The zero-order valence-corrected chi connectivity index (χ0v) is 8.41. The summed E-state index contributed by atoms with van der Waals surface area (Å²) in [6.07, 6.45) is 2.91. The van der Waals surface area contributed by atoms with Gasteiger partial charge in [-0.15, -0.1) is 0 Å². The zero-order valence-electron chi connectivity index (χ0n) is 8.41. The molecule has 3 nitrogen and oxygen atoms in total. The van der Waals surface area contributed by atoms with E-state index >= 15 is 0 Å². The van der Waals surface area contributed by atoms with Crippen LogP contribution in [-0.2, 0) is 14.2 Å². The first-order valence-electron chi connectivity index (χ1n) is 4.73. The quantitative estimate of drug-likeness (QED) is 0.494. The van der Waals surface area contributed by atoms with Crippen molar-refractivity contribution < 1.29 is 14.2 Å². The Hall–Kier alpha value is -0.540. The molecule has 1 aliphatic heterocycles. The van der Waals surface area contributed by atoms with Crippen LogP contribution in [0.25, 0.3) is 0 Å². The van der Waals surface area contributed by atoms with E-state index in [2.05, 4.69) is 0 Å². The van der Waals surface area contributed by atoms with Crippen molar-refractivity contribution in [3.8, 4) is 0 Å². The molecule has 1 atom stereocenters. The molecule has 1 aliphatic rings. The lowest BCUT2D eigenvalue weighted by molar-refractivity contribution is -0.0947. The van der Waals surface area contributed by atoms with E-state index in [0.29, 0.717) is 19.8 Å². The Labute approximate surface area is 79.7 Å². The number of hydrogen-bond donors (Lipinski definition) is 0. The van der Waals surface area contributed by atoms with E-state index in [1.165, 1.54) is 5.57 Å². The maximum Gasteiger partial charge on any atom is 0.0898 e. The van der Waals surface area contributed by atoms with Crippen LogP contribution in [0.1, 0.15) is 20.3 Å². The summed E-state index contributed by atoms with van der Waals surface area (Å²) in [7, 11) is 0. The molecule has 1 fully saturated rings. The molecule has 3 heteroatoms. The highest BCUT2D eigenvalue weighted by molar-refractivity contribution is 4.86. The third kappa shape index (κ3) is 4.90. The Bertz CT molecular complexity index is 156. The second kappa shape index (κ2) is 6.00. The molecule has 1 saturated heterocycles. The smallest absolute Gasteiger partial charge is 0.0898 e. The lowest BCUT2D eigenvalue weighted by Gasteiger charge is -2.22. The van der Waals surface area contributed by atoms with Gasteiger partial charge in [0.05, 0.1) is 38.8 Å². The minimum absolute atomic E-state index is 0.222. The van der Waals surface area contributed by atoms with Crippen molar-refractivity contribution in [1.29, 1.82) is 0 Å². The van der Waals surface area contributed by atoms with Gasteiger partial charge in [0.25, 0.3) is 0 Å². The molecule has 0 radical (unpaired) electrons. The summed E-state index contributed by atoms with van der Waals surface area (Å²) in [5, 5.41) is 0. The van der Waals surface area contributed by atoms with Crippen molar-refractivity contribution in [2.45, 2.75) is 26.4 Å². The molecule has 1 unspecified atom stereocenters. The van der Waals surface area contributed by atoms with Crippen molar-refractivity contribution in [2.75, 3.05) is 26.4 Å². The molecule has 0 bridgehead atoms. The van der Waals surface area contributed by atoms with Crippen LogP contribution in [0, 0.1) is 0 Å². The molecule has 0 saturated carbocycles. The van der Waals surface area contributed by atoms with Crippen LogP contribution >= 0.6 is 0 Å². The van der Waals surface area contributed by atoms with Gasteiger partial charge in [0, 0.05) is 6.42 Å². The number of hydrogen-bond acceptors (Lipinski definition) is 3. The lowest BCUT2D eigenvalue weighted by atomic mass is 10.2. The first kappa shape index (κ1) is 10.5. The summed E-state index contributed by atoms with van der Waals surface area (Å²) in [5.41, 5.74) is 1.18. The van der Waals surface area contributed by atoms with E-state index in [9.17, 15) is 0 Å². The van der Waals surface area contributed by atoms with Gasteiger partial charge >= 0.3 is 0 Å². The van der Waals surface area contributed by atoms with E-state index in [1.807, 2.05) is 13.8 Å². The molecule has 0 aromatic heterocycles. The fourth-order valence-corrected chi connectivity index (χ4v) is 1.13. The molecular weight excluding hydrogens is 168 g/mol. The van der Waals surface area contributed by atoms with Gasteiger partial charge in [-0.1, -0.05) is 0 Å². The maximum absolute atomic E-state index is 5.46. The van der Waals surface area contributed by atoms with Crippen LogP contribution in [0.15, 0.2) is 11.8 Å². The molecule has 0 spiro atoms. The highest BCUT2D eigenvalue weighted by Crippen LogP contribution is 2.05. The van der Waals surface area contributed by atoms with Gasteiger partial charge < -0.3 is 14.2 Å². The number of ether oxygens (including phenoxy) is 3. The van der Waals surface area contributed by atoms with Gasteiger partial charge in [-0.25, -0.2) is 0 Å². The topological polar surface area (TPSA) is 27.7 Å². The van der Waals surface area contributed by atoms with Gasteiger partial charge in [-0.3, -0.25) is 0 Å². The fraction of sp³-hybridized carbons (Fsp3) is 0.800. The van der Waals surface area contributed by atoms with Crippen molar-refractivity contribution in [2.24, 2.45) is 0 Å². The van der Waals surface area contributed by atoms with Crippen LogP contribution in [0.4, 0.5) is 0 Å². The minimum Gasteiger partial charge on any atom is -0.501 e. The second-order valence-electron chi connectivity index (χ2n) is 3.42. The van der Waals surface area contributed by atoms with Gasteiger partial charge in [-0.05, 0) is 19.4 Å². The highest BCUT2D eigenvalue weighted by Gasteiger charge is 2.13. The number of allylic oxidation sites excluding steroid dienone is 1. The Morgan fingerprint density at radius 3 is 2.92 bits per heavy atom. The van der Waals surface area contributed by atoms with Crippen LogP contribution in [0.3, 0.4) is 0 Å². The van der Waals surface area contributed by atoms with Crippen molar-refractivity contribution >= 4 is 0 Å². The predicted octanol–water partition coefficient (Wildman–Crippen LogP) is 1.73. The maximum atomic E-state index is 5.46. The summed E-state index contributed by atoms with van der Waals surface area (Å²) >= 11 is 0. The first-order chi connectivity index (χ1) is 6.29. The predicted molar refractivity (Wildman–Crippen MR) is 50.6 cm³/mol. The first-order valence-corrected chi connectivity index (χ1v) is 4.73. The summed E-state index contributed by atoms with van der Waals surface area (Å²) in [6, 6.07) is 0. The molecule has 0 N–H and O–H groups in total. The molecule has 1 heterocycles.